The third kappa shape index (κ3) is 4.22. The van der Waals surface area contributed by atoms with Gasteiger partial charge < -0.3 is 15.1 Å². The van der Waals surface area contributed by atoms with Crippen LogP contribution in [0.4, 0.5) is 28.9 Å². The Morgan fingerprint density at radius 1 is 0.919 bits per heavy atom. The molecule has 2 aliphatic heterocycles. The van der Waals surface area contributed by atoms with E-state index in [-0.39, 0.29) is 18.7 Å². The number of para-hydroxylation sites is 1. The van der Waals surface area contributed by atoms with Gasteiger partial charge in [0.15, 0.2) is 0 Å². The first kappa shape index (κ1) is 24.5. The van der Waals surface area contributed by atoms with E-state index in [1.54, 1.807) is 31.3 Å². The summed E-state index contributed by atoms with van der Waals surface area (Å²) in [5.41, 5.74) is 1.29. The summed E-state index contributed by atoms with van der Waals surface area (Å²) in [5.74, 6) is -4.30. The number of nitrogens with one attached hydrogen (secondary N) is 1. The lowest BCUT2D eigenvalue weighted by Crippen LogP contribution is -2.44. The van der Waals surface area contributed by atoms with Crippen molar-refractivity contribution in [2.24, 2.45) is 5.92 Å². The summed E-state index contributed by atoms with van der Waals surface area (Å²) in [6.07, 6.45) is -4.71. The van der Waals surface area contributed by atoms with Gasteiger partial charge in [-0.1, -0.05) is 42.5 Å². The number of hydrogen-bond donors (Lipinski definition) is 1. The fourth-order valence-corrected chi connectivity index (χ4v) is 4.88. The van der Waals surface area contributed by atoms with E-state index < -0.39 is 47.2 Å². The third-order valence-electron chi connectivity index (χ3n) is 6.78. The first-order chi connectivity index (χ1) is 17.6. The third-order valence-corrected chi connectivity index (χ3v) is 6.78. The van der Waals surface area contributed by atoms with Crippen LogP contribution < -0.4 is 15.1 Å². The van der Waals surface area contributed by atoms with Gasteiger partial charge in [0.2, 0.25) is 11.8 Å². The van der Waals surface area contributed by atoms with E-state index in [9.17, 15) is 31.9 Å². The molecule has 190 valence electrons. The molecule has 1 unspecified atom stereocenters. The Kier molecular flexibility index (Phi) is 5.97. The van der Waals surface area contributed by atoms with Crippen molar-refractivity contribution >= 4 is 29.1 Å². The highest BCUT2D eigenvalue weighted by atomic mass is 19.4. The number of nitrogens with zero attached hydrogens (tertiary/aromatic N) is 2. The molecule has 1 fully saturated rings. The minimum atomic E-state index is -4.73. The Hall–Kier alpha value is -4.21. The summed E-state index contributed by atoms with van der Waals surface area (Å²) in [4.78, 5) is 42.1. The molecule has 10 heteroatoms. The molecule has 0 aromatic heterocycles. The predicted molar refractivity (Wildman–Crippen MR) is 128 cm³/mol. The van der Waals surface area contributed by atoms with E-state index in [0.717, 1.165) is 22.1 Å². The zero-order chi connectivity index (χ0) is 26.5. The highest BCUT2D eigenvalue weighted by molar-refractivity contribution is 6.12. The molecule has 2 heterocycles. The van der Waals surface area contributed by atoms with Crippen LogP contribution in [0.2, 0.25) is 0 Å². The van der Waals surface area contributed by atoms with Crippen LogP contribution >= 0.6 is 0 Å². The van der Waals surface area contributed by atoms with Gasteiger partial charge in [0.25, 0.3) is 5.91 Å². The molecule has 0 spiro atoms. The van der Waals surface area contributed by atoms with Crippen LogP contribution in [0.1, 0.15) is 23.6 Å². The molecule has 0 saturated carbocycles. The number of anilines is 2. The lowest BCUT2D eigenvalue weighted by molar-refractivity contribution is -0.137. The quantitative estimate of drug-likeness (QED) is 0.410. The number of fused-ring (bicyclic) bond motifs is 3. The molecular weight excluding hydrogens is 490 g/mol. The second kappa shape index (κ2) is 9.02. The average molecular weight is 511 g/mol. The van der Waals surface area contributed by atoms with Gasteiger partial charge in [-0.3, -0.25) is 14.4 Å². The highest BCUT2D eigenvalue weighted by Crippen LogP contribution is 2.40. The topological polar surface area (TPSA) is 69.7 Å². The largest absolute Gasteiger partial charge is 0.416 e. The molecule has 1 N–H and O–H groups in total. The maximum absolute atomic E-state index is 14.5. The minimum absolute atomic E-state index is 0.0176. The first-order valence-corrected chi connectivity index (χ1v) is 11.5. The fraction of sp³-hybridized carbons (Fsp3) is 0.222. The van der Waals surface area contributed by atoms with Crippen molar-refractivity contribution in [3.63, 3.8) is 0 Å². The summed E-state index contributed by atoms with van der Waals surface area (Å²) < 4.78 is 53.2. The molecule has 6 nitrogen and oxygen atoms in total. The van der Waals surface area contributed by atoms with Crippen molar-refractivity contribution in [1.82, 2.24) is 5.32 Å². The van der Waals surface area contributed by atoms with E-state index in [0.29, 0.717) is 23.4 Å². The Labute approximate surface area is 209 Å². The van der Waals surface area contributed by atoms with Crippen LogP contribution in [0.5, 0.6) is 0 Å². The van der Waals surface area contributed by atoms with Gasteiger partial charge in [0.1, 0.15) is 17.8 Å². The zero-order valence-electron chi connectivity index (χ0n) is 19.6. The van der Waals surface area contributed by atoms with E-state index in [4.69, 9.17) is 0 Å². The van der Waals surface area contributed by atoms with E-state index in [1.165, 1.54) is 4.90 Å². The SMILES string of the molecule is CN1C(=O)[C@@H](NC(=O)C2CCN(c3ccc(C(F)(F)F)cc3F)C2=O)c2ccccc2-c2ccccc21. The molecule has 5 rings (SSSR count). The molecule has 3 amide bonds. The number of rotatable bonds is 3. The van der Waals surface area contributed by atoms with Crippen molar-refractivity contribution in [3.8, 4) is 11.1 Å². The summed E-state index contributed by atoms with van der Waals surface area (Å²) in [7, 11) is 1.60. The predicted octanol–water partition coefficient (Wildman–Crippen LogP) is 4.70. The van der Waals surface area contributed by atoms with Crippen molar-refractivity contribution in [2.75, 3.05) is 23.4 Å². The highest BCUT2D eigenvalue weighted by Gasteiger charge is 2.42. The molecule has 2 atom stereocenters. The zero-order valence-corrected chi connectivity index (χ0v) is 19.6. The Bertz CT molecular complexity index is 1420. The van der Waals surface area contributed by atoms with Crippen LogP contribution in [0.25, 0.3) is 11.1 Å². The Balaban J connectivity index is 1.41. The number of halogens is 4. The number of carbonyl (C=O) groups excluding carboxylic acids is 3. The van der Waals surface area contributed by atoms with Crippen LogP contribution in [0, 0.1) is 11.7 Å². The van der Waals surface area contributed by atoms with Crippen molar-refractivity contribution in [2.45, 2.75) is 18.6 Å². The van der Waals surface area contributed by atoms with Crippen LogP contribution in [0.15, 0.2) is 66.7 Å². The summed E-state index contributed by atoms with van der Waals surface area (Å²) in [6.45, 7) is -0.0558. The second-order valence-corrected chi connectivity index (χ2v) is 8.94. The smallest absolute Gasteiger partial charge is 0.340 e. The van der Waals surface area contributed by atoms with Gasteiger partial charge in [-0.25, -0.2) is 4.39 Å². The number of alkyl halides is 3. The van der Waals surface area contributed by atoms with Gasteiger partial charge in [0.05, 0.1) is 16.9 Å². The van der Waals surface area contributed by atoms with Gasteiger partial charge >= 0.3 is 6.18 Å². The van der Waals surface area contributed by atoms with Crippen LogP contribution in [-0.4, -0.2) is 31.3 Å². The van der Waals surface area contributed by atoms with Crippen LogP contribution in [-0.2, 0) is 20.6 Å². The molecule has 0 aliphatic carbocycles. The lowest BCUT2D eigenvalue weighted by Gasteiger charge is -2.24. The average Bonchev–Trinajstić information content (AvgIpc) is 3.23. The fourth-order valence-electron chi connectivity index (χ4n) is 4.88. The van der Waals surface area contributed by atoms with Crippen LogP contribution in [0.3, 0.4) is 0 Å². The van der Waals surface area contributed by atoms with E-state index in [2.05, 4.69) is 5.32 Å². The normalized spacial score (nSPS) is 19.4. The second-order valence-electron chi connectivity index (χ2n) is 8.94. The number of carbonyl (C=O) groups is 3. The number of hydrogen-bond acceptors (Lipinski definition) is 3. The van der Waals surface area contributed by atoms with Gasteiger partial charge in [0, 0.05) is 19.2 Å². The van der Waals surface area contributed by atoms with Gasteiger partial charge in [-0.15, -0.1) is 0 Å². The summed E-state index contributed by atoms with van der Waals surface area (Å²) >= 11 is 0. The molecule has 2 aliphatic rings. The number of likely N-dealkylation sites (N-methyl/N-ethyl adjacent to an activating group) is 1. The lowest BCUT2D eigenvalue weighted by atomic mass is 9.95. The van der Waals surface area contributed by atoms with Crippen molar-refractivity contribution in [1.29, 1.82) is 0 Å². The molecule has 1 saturated heterocycles. The van der Waals surface area contributed by atoms with E-state index in [1.807, 2.05) is 24.3 Å². The minimum Gasteiger partial charge on any atom is -0.340 e. The Morgan fingerprint density at radius 2 is 1.59 bits per heavy atom. The molecular formula is C27H21F4N3O3. The first-order valence-electron chi connectivity index (χ1n) is 11.5. The molecule has 0 bridgehead atoms. The maximum atomic E-state index is 14.5. The summed E-state index contributed by atoms with van der Waals surface area (Å²) in [5, 5.41) is 2.70. The molecule has 37 heavy (non-hydrogen) atoms. The maximum Gasteiger partial charge on any atom is 0.416 e. The molecule has 0 radical (unpaired) electrons. The standard InChI is InChI=1S/C27H21F4N3O3/c1-33-21-9-5-4-7-17(21)16-6-2-3-8-18(16)23(26(33)37)32-24(35)19-12-13-34(25(19)36)22-11-10-15(14-20(22)28)27(29,30)31/h2-11,14,19,23H,12-13H2,1H3,(H,32,35)/t19?,23-/m0/s1. The van der Waals surface area contributed by atoms with E-state index >= 15 is 0 Å². The number of benzene rings is 3. The monoisotopic (exact) mass is 511 g/mol. The Morgan fingerprint density at radius 3 is 2.30 bits per heavy atom. The molecule has 3 aromatic rings. The van der Waals surface area contributed by atoms with Crippen molar-refractivity contribution < 1.29 is 31.9 Å². The van der Waals surface area contributed by atoms with Crippen molar-refractivity contribution in [3.05, 3.63) is 83.7 Å². The molecule has 3 aromatic carbocycles. The van der Waals surface area contributed by atoms with Gasteiger partial charge in [-0.2, -0.15) is 13.2 Å². The number of amides is 3. The van der Waals surface area contributed by atoms with Gasteiger partial charge in [-0.05, 0) is 41.8 Å². The summed E-state index contributed by atoms with van der Waals surface area (Å²) in [6, 6.07) is 15.3.